The SMILES string of the molecule is CCCc1cnc(CCC)c(CCC)n1. The minimum atomic E-state index is 1.05. The van der Waals surface area contributed by atoms with Crippen LogP contribution in [-0.4, -0.2) is 9.97 Å². The molecule has 1 aromatic rings. The van der Waals surface area contributed by atoms with Crippen LogP contribution in [0.1, 0.15) is 57.1 Å². The van der Waals surface area contributed by atoms with Gasteiger partial charge in [-0.2, -0.15) is 0 Å². The topological polar surface area (TPSA) is 25.8 Å². The van der Waals surface area contributed by atoms with E-state index in [4.69, 9.17) is 4.98 Å². The van der Waals surface area contributed by atoms with Crippen molar-refractivity contribution in [3.8, 4) is 0 Å². The van der Waals surface area contributed by atoms with Gasteiger partial charge in [0.05, 0.1) is 17.1 Å². The maximum absolute atomic E-state index is 4.71. The van der Waals surface area contributed by atoms with Crippen LogP contribution in [0.5, 0.6) is 0 Å². The predicted octanol–water partition coefficient (Wildman–Crippen LogP) is 3.33. The number of aryl methyl sites for hydroxylation is 3. The first-order valence-electron chi connectivity index (χ1n) is 6.15. The molecule has 2 nitrogen and oxygen atoms in total. The summed E-state index contributed by atoms with van der Waals surface area (Å²) in [5.41, 5.74) is 3.59. The average molecular weight is 206 g/mol. The summed E-state index contributed by atoms with van der Waals surface area (Å²) in [5, 5.41) is 0. The Hall–Kier alpha value is -0.920. The fourth-order valence-corrected chi connectivity index (χ4v) is 1.75. The van der Waals surface area contributed by atoms with Gasteiger partial charge in [-0.1, -0.05) is 40.0 Å². The molecule has 84 valence electrons. The molecule has 0 aromatic carbocycles. The first-order chi connectivity index (χ1) is 7.31. The van der Waals surface area contributed by atoms with Crippen LogP contribution in [0.4, 0.5) is 0 Å². The summed E-state index contributed by atoms with van der Waals surface area (Å²) in [6.07, 6.45) is 8.59. The Morgan fingerprint density at radius 1 is 0.867 bits per heavy atom. The molecule has 0 N–H and O–H groups in total. The van der Waals surface area contributed by atoms with Crippen LogP contribution in [0.15, 0.2) is 6.20 Å². The molecule has 0 unspecified atom stereocenters. The third-order valence-electron chi connectivity index (χ3n) is 2.46. The van der Waals surface area contributed by atoms with Crippen LogP contribution in [-0.2, 0) is 19.3 Å². The minimum absolute atomic E-state index is 1.05. The molecule has 0 spiro atoms. The van der Waals surface area contributed by atoms with Crippen molar-refractivity contribution in [2.45, 2.75) is 59.3 Å². The molecular weight excluding hydrogens is 184 g/mol. The Bertz CT molecular complexity index is 295. The van der Waals surface area contributed by atoms with Gasteiger partial charge in [0.25, 0.3) is 0 Å². The second kappa shape index (κ2) is 6.54. The van der Waals surface area contributed by atoms with Gasteiger partial charge in [-0.25, -0.2) is 0 Å². The Labute approximate surface area is 93.2 Å². The van der Waals surface area contributed by atoms with Crippen LogP contribution in [0, 0.1) is 0 Å². The van der Waals surface area contributed by atoms with Crippen molar-refractivity contribution in [2.24, 2.45) is 0 Å². The van der Waals surface area contributed by atoms with Crippen molar-refractivity contribution in [2.75, 3.05) is 0 Å². The lowest BCUT2D eigenvalue weighted by molar-refractivity contribution is 0.765. The molecule has 15 heavy (non-hydrogen) atoms. The third kappa shape index (κ3) is 3.61. The zero-order valence-corrected chi connectivity index (χ0v) is 10.2. The molecule has 0 saturated heterocycles. The Morgan fingerprint density at radius 3 is 2.07 bits per heavy atom. The maximum Gasteiger partial charge on any atom is 0.0621 e. The van der Waals surface area contributed by atoms with Gasteiger partial charge in [0, 0.05) is 6.20 Å². The molecule has 0 radical (unpaired) electrons. The van der Waals surface area contributed by atoms with E-state index in [2.05, 4.69) is 25.8 Å². The highest BCUT2D eigenvalue weighted by molar-refractivity contribution is 5.14. The fourth-order valence-electron chi connectivity index (χ4n) is 1.75. The van der Waals surface area contributed by atoms with Crippen LogP contribution >= 0.6 is 0 Å². The van der Waals surface area contributed by atoms with Crippen LogP contribution in [0.2, 0.25) is 0 Å². The molecule has 1 heterocycles. The van der Waals surface area contributed by atoms with E-state index in [0.29, 0.717) is 0 Å². The molecule has 0 fully saturated rings. The van der Waals surface area contributed by atoms with Gasteiger partial charge in [0.1, 0.15) is 0 Å². The van der Waals surface area contributed by atoms with Crippen LogP contribution < -0.4 is 0 Å². The van der Waals surface area contributed by atoms with Crippen molar-refractivity contribution in [3.05, 3.63) is 23.3 Å². The quantitative estimate of drug-likeness (QED) is 0.713. The van der Waals surface area contributed by atoms with E-state index >= 15 is 0 Å². The summed E-state index contributed by atoms with van der Waals surface area (Å²) in [4.78, 5) is 9.25. The van der Waals surface area contributed by atoms with Crippen molar-refractivity contribution < 1.29 is 0 Å². The largest absolute Gasteiger partial charge is 0.258 e. The second-order valence-electron chi connectivity index (χ2n) is 4.00. The van der Waals surface area contributed by atoms with E-state index in [9.17, 15) is 0 Å². The summed E-state index contributed by atoms with van der Waals surface area (Å²) < 4.78 is 0. The Kier molecular flexibility index (Phi) is 5.30. The normalized spacial score (nSPS) is 10.6. The van der Waals surface area contributed by atoms with Gasteiger partial charge < -0.3 is 0 Å². The maximum atomic E-state index is 4.71. The van der Waals surface area contributed by atoms with Crippen molar-refractivity contribution >= 4 is 0 Å². The lowest BCUT2D eigenvalue weighted by atomic mass is 10.1. The first kappa shape index (κ1) is 12.2. The first-order valence-corrected chi connectivity index (χ1v) is 6.15. The van der Waals surface area contributed by atoms with E-state index in [-0.39, 0.29) is 0 Å². The molecule has 0 aliphatic carbocycles. The molecule has 1 aromatic heterocycles. The molecule has 0 bridgehead atoms. The zero-order valence-electron chi connectivity index (χ0n) is 10.2. The lowest BCUT2D eigenvalue weighted by Gasteiger charge is -2.08. The second-order valence-corrected chi connectivity index (χ2v) is 4.00. The molecule has 0 aliphatic rings. The lowest BCUT2D eigenvalue weighted by Crippen LogP contribution is -2.04. The van der Waals surface area contributed by atoms with E-state index in [1.807, 2.05) is 6.20 Å². The monoisotopic (exact) mass is 206 g/mol. The summed E-state index contributed by atoms with van der Waals surface area (Å²) in [5.74, 6) is 0. The highest BCUT2D eigenvalue weighted by atomic mass is 14.8. The van der Waals surface area contributed by atoms with Crippen molar-refractivity contribution in [1.82, 2.24) is 9.97 Å². The summed E-state index contributed by atoms with van der Waals surface area (Å²) in [6, 6.07) is 0. The van der Waals surface area contributed by atoms with Gasteiger partial charge in [-0.05, 0) is 19.3 Å². The zero-order chi connectivity index (χ0) is 11.1. The number of nitrogens with zero attached hydrogens (tertiary/aromatic N) is 2. The summed E-state index contributed by atoms with van der Waals surface area (Å²) in [6.45, 7) is 6.57. The number of hydrogen-bond acceptors (Lipinski definition) is 2. The number of hydrogen-bond donors (Lipinski definition) is 0. The third-order valence-corrected chi connectivity index (χ3v) is 2.46. The predicted molar refractivity (Wildman–Crippen MR) is 64.0 cm³/mol. The van der Waals surface area contributed by atoms with Gasteiger partial charge in [0.15, 0.2) is 0 Å². The molecule has 0 atom stereocenters. The Balaban J connectivity index is 2.87. The van der Waals surface area contributed by atoms with Gasteiger partial charge >= 0.3 is 0 Å². The van der Waals surface area contributed by atoms with Crippen LogP contribution in [0.25, 0.3) is 0 Å². The fraction of sp³-hybridized carbons (Fsp3) is 0.692. The Morgan fingerprint density at radius 2 is 1.47 bits per heavy atom. The number of aromatic nitrogens is 2. The summed E-state index contributed by atoms with van der Waals surface area (Å²) >= 11 is 0. The van der Waals surface area contributed by atoms with E-state index < -0.39 is 0 Å². The van der Waals surface area contributed by atoms with E-state index in [1.54, 1.807) is 0 Å². The molecule has 0 saturated carbocycles. The molecule has 1 rings (SSSR count). The van der Waals surface area contributed by atoms with Gasteiger partial charge in [-0.15, -0.1) is 0 Å². The molecule has 0 aliphatic heterocycles. The van der Waals surface area contributed by atoms with Gasteiger partial charge in [0.2, 0.25) is 0 Å². The standard InChI is InChI=1S/C13H22N2/c1-4-7-11-10-14-12(8-5-2)13(15-11)9-6-3/h10H,4-9H2,1-3H3. The highest BCUT2D eigenvalue weighted by Crippen LogP contribution is 2.10. The molecule has 2 heteroatoms. The molecular formula is C13H22N2. The van der Waals surface area contributed by atoms with Crippen molar-refractivity contribution in [3.63, 3.8) is 0 Å². The van der Waals surface area contributed by atoms with Crippen molar-refractivity contribution in [1.29, 1.82) is 0 Å². The number of rotatable bonds is 6. The van der Waals surface area contributed by atoms with E-state index in [1.165, 1.54) is 11.4 Å². The molecule has 0 amide bonds. The average Bonchev–Trinajstić information content (AvgIpc) is 2.23. The highest BCUT2D eigenvalue weighted by Gasteiger charge is 2.05. The van der Waals surface area contributed by atoms with Crippen LogP contribution in [0.3, 0.4) is 0 Å². The van der Waals surface area contributed by atoms with E-state index in [0.717, 1.165) is 44.2 Å². The summed E-state index contributed by atoms with van der Waals surface area (Å²) in [7, 11) is 0. The van der Waals surface area contributed by atoms with Gasteiger partial charge in [-0.3, -0.25) is 9.97 Å². The smallest absolute Gasteiger partial charge is 0.0621 e. The minimum Gasteiger partial charge on any atom is -0.258 e.